The Kier molecular flexibility index (Phi) is 4.20. The molecule has 1 heterocycles. The molecular weight excluding hydrogens is 284 g/mol. The number of hydrogen-bond donors (Lipinski definition) is 1. The van der Waals surface area contributed by atoms with Gasteiger partial charge in [0.2, 0.25) is 5.88 Å². The fourth-order valence-corrected chi connectivity index (χ4v) is 2.87. The number of benzene rings is 2. The van der Waals surface area contributed by atoms with Crippen LogP contribution in [0.4, 0.5) is 0 Å². The van der Waals surface area contributed by atoms with Crippen molar-refractivity contribution in [1.29, 1.82) is 0 Å². The Morgan fingerprint density at radius 3 is 2.43 bits per heavy atom. The third kappa shape index (κ3) is 3.14. The minimum absolute atomic E-state index is 0.124. The summed E-state index contributed by atoms with van der Waals surface area (Å²) in [5.74, 6) is 0.567. The Morgan fingerprint density at radius 1 is 1.04 bits per heavy atom. The third-order valence-electron chi connectivity index (χ3n) is 3.87. The number of nitrogens with zero attached hydrogens (tertiary/aromatic N) is 2. The quantitative estimate of drug-likeness (QED) is 0.755. The normalized spacial score (nSPS) is 11.1. The largest absolute Gasteiger partial charge is 0.492 e. The topological polar surface area (TPSA) is 38.0 Å². The first-order valence-electron chi connectivity index (χ1n) is 7.99. The van der Waals surface area contributed by atoms with E-state index in [9.17, 15) is 5.11 Å². The van der Waals surface area contributed by atoms with Crippen LogP contribution in [0.25, 0.3) is 16.9 Å². The van der Waals surface area contributed by atoms with E-state index in [1.54, 1.807) is 0 Å². The fourth-order valence-electron chi connectivity index (χ4n) is 2.87. The van der Waals surface area contributed by atoms with E-state index >= 15 is 0 Å². The van der Waals surface area contributed by atoms with Crippen LogP contribution in [-0.4, -0.2) is 14.9 Å². The van der Waals surface area contributed by atoms with E-state index in [0.29, 0.717) is 5.92 Å². The summed E-state index contributed by atoms with van der Waals surface area (Å²) in [5, 5.41) is 14.8. The third-order valence-corrected chi connectivity index (χ3v) is 3.87. The molecule has 0 saturated heterocycles. The lowest BCUT2D eigenvalue weighted by Crippen LogP contribution is -2.01. The number of hydrogen-bond acceptors (Lipinski definition) is 2. The molecule has 0 radical (unpaired) electrons. The van der Waals surface area contributed by atoms with Gasteiger partial charge in [0.1, 0.15) is 0 Å². The van der Waals surface area contributed by atoms with Crippen molar-refractivity contribution in [3.05, 3.63) is 65.7 Å². The number of aromatic hydroxyl groups is 1. The molecule has 0 spiro atoms. The van der Waals surface area contributed by atoms with Gasteiger partial charge in [-0.15, -0.1) is 5.10 Å². The first kappa shape index (κ1) is 15.3. The molecule has 23 heavy (non-hydrogen) atoms. The van der Waals surface area contributed by atoms with Crippen LogP contribution in [-0.2, 0) is 6.42 Å². The zero-order valence-electron chi connectivity index (χ0n) is 13.8. The maximum Gasteiger partial charge on any atom is 0.234 e. The first-order chi connectivity index (χ1) is 11.1. The van der Waals surface area contributed by atoms with Gasteiger partial charge in [0.15, 0.2) is 0 Å². The van der Waals surface area contributed by atoms with Crippen molar-refractivity contribution in [2.24, 2.45) is 5.92 Å². The molecule has 2 aromatic carbocycles. The number of rotatable bonds is 4. The summed E-state index contributed by atoms with van der Waals surface area (Å²) < 4.78 is 1.86. The Hall–Kier alpha value is -2.55. The molecule has 0 fully saturated rings. The Bertz CT molecular complexity index is 804. The van der Waals surface area contributed by atoms with Crippen LogP contribution in [0.15, 0.2) is 54.6 Å². The molecule has 0 aliphatic heterocycles. The molecule has 118 valence electrons. The van der Waals surface area contributed by atoms with Gasteiger partial charge in [-0.1, -0.05) is 56.3 Å². The molecule has 1 N–H and O–H groups in total. The molecule has 0 atom stereocenters. The molecular formula is C20H22N2O. The minimum atomic E-state index is 0.124. The summed E-state index contributed by atoms with van der Waals surface area (Å²) in [7, 11) is 0. The van der Waals surface area contributed by atoms with Crippen molar-refractivity contribution in [3.63, 3.8) is 0 Å². The standard InChI is InChI=1S/C20H22N2O/c1-14(2)12-18-19(16-9-5-4-6-10-16)22(21-20(18)23)17-11-7-8-15(3)13-17/h4-11,13-14H,12H2,1-3H3,(H,21,23). The van der Waals surface area contributed by atoms with Crippen molar-refractivity contribution >= 4 is 0 Å². The zero-order valence-corrected chi connectivity index (χ0v) is 13.8. The van der Waals surface area contributed by atoms with Crippen LogP contribution in [0.2, 0.25) is 0 Å². The number of aromatic nitrogens is 2. The van der Waals surface area contributed by atoms with E-state index in [2.05, 4.69) is 50.1 Å². The van der Waals surface area contributed by atoms with E-state index in [0.717, 1.165) is 28.9 Å². The van der Waals surface area contributed by atoms with E-state index in [4.69, 9.17) is 0 Å². The maximum absolute atomic E-state index is 10.4. The van der Waals surface area contributed by atoms with Crippen molar-refractivity contribution in [2.45, 2.75) is 27.2 Å². The fraction of sp³-hybridized carbons (Fsp3) is 0.250. The highest BCUT2D eigenvalue weighted by Gasteiger charge is 2.20. The van der Waals surface area contributed by atoms with Gasteiger partial charge in [-0.3, -0.25) is 0 Å². The van der Waals surface area contributed by atoms with Crippen LogP contribution >= 0.6 is 0 Å². The van der Waals surface area contributed by atoms with Gasteiger partial charge in [0.05, 0.1) is 11.4 Å². The maximum atomic E-state index is 10.4. The van der Waals surface area contributed by atoms with Crippen molar-refractivity contribution < 1.29 is 5.11 Å². The lowest BCUT2D eigenvalue weighted by molar-refractivity contribution is 0.438. The molecule has 3 nitrogen and oxygen atoms in total. The molecule has 0 aliphatic carbocycles. The second-order valence-corrected chi connectivity index (χ2v) is 6.37. The Labute approximate surface area is 137 Å². The highest BCUT2D eigenvalue weighted by Crippen LogP contribution is 2.34. The summed E-state index contributed by atoms with van der Waals surface area (Å²) in [5.41, 5.74) is 5.09. The molecule has 3 rings (SSSR count). The molecule has 0 amide bonds. The second kappa shape index (κ2) is 6.29. The van der Waals surface area contributed by atoms with E-state index in [-0.39, 0.29) is 5.88 Å². The molecule has 0 aliphatic rings. The van der Waals surface area contributed by atoms with Crippen molar-refractivity contribution in [3.8, 4) is 22.8 Å². The van der Waals surface area contributed by atoms with Gasteiger partial charge >= 0.3 is 0 Å². The first-order valence-corrected chi connectivity index (χ1v) is 7.99. The summed E-state index contributed by atoms with van der Waals surface area (Å²) >= 11 is 0. The summed E-state index contributed by atoms with van der Waals surface area (Å²) in [6, 6.07) is 18.3. The van der Waals surface area contributed by atoms with Crippen molar-refractivity contribution in [2.75, 3.05) is 0 Å². The lowest BCUT2D eigenvalue weighted by Gasteiger charge is -2.11. The van der Waals surface area contributed by atoms with Gasteiger partial charge < -0.3 is 5.11 Å². The number of aryl methyl sites for hydroxylation is 1. The Morgan fingerprint density at radius 2 is 1.78 bits per heavy atom. The second-order valence-electron chi connectivity index (χ2n) is 6.37. The van der Waals surface area contributed by atoms with Gasteiger partial charge in [-0.2, -0.15) is 0 Å². The zero-order chi connectivity index (χ0) is 16.4. The molecule has 3 aromatic rings. The summed E-state index contributed by atoms with van der Waals surface area (Å²) in [6.07, 6.45) is 0.794. The predicted octanol–water partition coefficient (Wildman–Crippen LogP) is 4.75. The predicted molar refractivity (Wildman–Crippen MR) is 93.9 cm³/mol. The molecule has 0 bridgehead atoms. The van der Waals surface area contributed by atoms with Gasteiger partial charge in [0.25, 0.3) is 0 Å². The smallest absolute Gasteiger partial charge is 0.234 e. The average molecular weight is 306 g/mol. The van der Waals surface area contributed by atoms with Crippen molar-refractivity contribution in [1.82, 2.24) is 9.78 Å². The molecule has 3 heteroatoms. The SMILES string of the molecule is Cc1cccc(-n2nc(O)c(CC(C)C)c2-c2ccccc2)c1. The van der Waals surface area contributed by atoms with Crippen LogP contribution < -0.4 is 0 Å². The molecule has 1 aromatic heterocycles. The van der Waals surface area contributed by atoms with E-state index < -0.39 is 0 Å². The van der Waals surface area contributed by atoms with Gasteiger partial charge in [-0.25, -0.2) is 4.68 Å². The van der Waals surface area contributed by atoms with Crippen LogP contribution in [0.3, 0.4) is 0 Å². The van der Waals surface area contributed by atoms with Crippen LogP contribution in [0.5, 0.6) is 5.88 Å². The van der Waals surface area contributed by atoms with Gasteiger partial charge in [-0.05, 0) is 37.0 Å². The minimum Gasteiger partial charge on any atom is -0.492 e. The molecule has 0 saturated carbocycles. The average Bonchev–Trinajstić information content (AvgIpc) is 2.84. The highest BCUT2D eigenvalue weighted by molar-refractivity contribution is 5.68. The van der Waals surface area contributed by atoms with Crippen LogP contribution in [0.1, 0.15) is 25.0 Å². The highest BCUT2D eigenvalue weighted by atomic mass is 16.3. The van der Waals surface area contributed by atoms with Gasteiger partial charge in [0, 0.05) is 11.1 Å². The van der Waals surface area contributed by atoms with E-state index in [1.807, 2.05) is 35.0 Å². The van der Waals surface area contributed by atoms with E-state index in [1.165, 1.54) is 5.56 Å². The Balaban J connectivity index is 2.24. The molecule has 0 unspecified atom stereocenters. The lowest BCUT2D eigenvalue weighted by atomic mass is 9.99. The summed E-state index contributed by atoms with van der Waals surface area (Å²) in [6.45, 7) is 6.36. The monoisotopic (exact) mass is 306 g/mol. The van der Waals surface area contributed by atoms with Crippen LogP contribution in [0, 0.1) is 12.8 Å². The summed E-state index contributed by atoms with van der Waals surface area (Å²) in [4.78, 5) is 0.